The monoisotopic (exact) mass is 327 g/mol. The van der Waals surface area contributed by atoms with Gasteiger partial charge >= 0.3 is 0 Å². The van der Waals surface area contributed by atoms with Gasteiger partial charge in [-0.2, -0.15) is 10.5 Å². The topological polar surface area (TPSA) is 160 Å². The number of hydrogen-bond donors (Lipinski definition) is 2. The summed E-state index contributed by atoms with van der Waals surface area (Å²) < 4.78 is 0. The Balaban J connectivity index is 2.44. The lowest BCUT2D eigenvalue weighted by molar-refractivity contribution is -0.383. The first-order valence-corrected chi connectivity index (χ1v) is 6.51. The molecule has 1 aliphatic heterocycles. The Labute approximate surface area is 135 Å². The van der Waals surface area contributed by atoms with Crippen LogP contribution in [-0.2, 0) is 9.59 Å². The minimum absolute atomic E-state index is 0.116. The van der Waals surface area contributed by atoms with Gasteiger partial charge in [-0.15, -0.1) is 0 Å². The highest BCUT2D eigenvalue weighted by Crippen LogP contribution is 2.30. The third-order valence-corrected chi connectivity index (χ3v) is 3.18. The van der Waals surface area contributed by atoms with Gasteiger partial charge in [0.15, 0.2) is 0 Å². The zero-order valence-corrected chi connectivity index (χ0v) is 12.0. The van der Waals surface area contributed by atoms with Gasteiger partial charge in [0, 0.05) is 12.1 Å². The fourth-order valence-corrected chi connectivity index (χ4v) is 2.08. The predicted molar refractivity (Wildman–Crippen MR) is 78.0 cm³/mol. The number of aliphatic hydroxyl groups excluding tert-OH is 1. The van der Waals surface area contributed by atoms with Crippen molar-refractivity contribution < 1.29 is 19.6 Å². The lowest BCUT2D eigenvalue weighted by atomic mass is 10.1. The Morgan fingerprint density at radius 1 is 1.25 bits per heavy atom. The molecule has 0 saturated carbocycles. The van der Waals surface area contributed by atoms with Crippen LogP contribution in [0.2, 0.25) is 0 Å². The molecule has 1 heterocycles. The highest BCUT2D eigenvalue weighted by Gasteiger charge is 2.32. The molecule has 2 rings (SSSR count). The number of carbonyl (C=O) groups excluding carboxylic acids is 2. The number of benzene rings is 1. The molecule has 0 spiro atoms. The molecule has 1 aromatic carbocycles. The average molecular weight is 327 g/mol. The largest absolute Gasteiger partial charge is 0.395 e. The SMILES string of the molecule is N#Cc1cc(NC2=CC(=O)N(CCO)C2=O)c([N+](=O)[O-])cc1C#N. The van der Waals surface area contributed by atoms with Gasteiger partial charge in [0.1, 0.15) is 23.5 Å². The summed E-state index contributed by atoms with van der Waals surface area (Å²) in [5.41, 5.74) is -1.25. The predicted octanol–water partition coefficient (Wildman–Crippen LogP) is -0.00494. The number of aliphatic hydroxyl groups is 1. The summed E-state index contributed by atoms with van der Waals surface area (Å²) >= 11 is 0. The molecule has 0 saturated heterocycles. The van der Waals surface area contributed by atoms with Gasteiger partial charge in [-0.1, -0.05) is 0 Å². The van der Waals surface area contributed by atoms with E-state index in [2.05, 4.69) is 5.32 Å². The number of β-amino-alcohol motifs (C(OH)–C–C–N with tert-alkyl or cyclic N) is 1. The minimum atomic E-state index is -0.780. The molecule has 10 heteroatoms. The molecule has 0 fully saturated rings. The van der Waals surface area contributed by atoms with Crippen molar-refractivity contribution in [1.29, 1.82) is 10.5 Å². The highest BCUT2D eigenvalue weighted by atomic mass is 16.6. The second kappa shape index (κ2) is 6.56. The lowest BCUT2D eigenvalue weighted by Crippen LogP contribution is -2.34. The zero-order chi connectivity index (χ0) is 17.9. The van der Waals surface area contributed by atoms with Crippen LogP contribution in [0.1, 0.15) is 11.1 Å². The van der Waals surface area contributed by atoms with Gasteiger partial charge in [0.25, 0.3) is 17.5 Å². The molecule has 0 unspecified atom stereocenters. The molecule has 24 heavy (non-hydrogen) atoms. The molecule has 0 atom stereocenters. The number of nitrogens with zero attached hydrogens (tertiary/aromatic N) is 4. The van der Waals surface area contributed by atoms with Gasteiger partial charge < -0.3 is 10.4 Å². The van der Waals surface area contributed by atoms with Crippen LogP contribution < -0.4 is 5.32 Å². The van der Waals surface area contributed by atoms with Gasteiger partial charge in [0.2, 0.25) is 0 Å². The van der Waals surface area contributed by atoms with Crippen LogP contribution in [0.4, 0.5) is 11.4 Å². The van der Waals surface area contributed by atoms with E-state index in [1.165, 1.54) is 0 Å². The van der Waals surface area contributed by atoms with Crippen molar-refractivity contribution in [3.63, 3.8) is 0 Å². The first-order valence-electron chi connectivity index (χ1n) is 6.51. The number of carbonyl (C=O) groups is 2. The fraction of sp³-hybridized carbons (Fsp3) is 0.143. The molecular formula is C14H9N5O5. The zero-order valence-electron chi connectivity index (χ0n) is 12.0. The maximum absolute atomic E-state index is 12.0. The lowest BCUT2D eigenvalue weighted by Gasteiger charge is -2.13. The normalized spacial score (nSPS) is 13.3. The van der Waals surface area contributed by atoms with Crippen molar-refractivity contribution >= 4 is 23.2 Å². The van der Waals surface area contributed by atoms with Crippen molar-refractivity contribution in [2.24, 2.45) is 0 Å². The number of amides is 2. The molecule has 2 N–H and O–H groups in total. The fourth-order valence-electron chi connectivity index (χ4n) is 2.08. The Morgan fingerprint density at radius 3 is 2.42 bits per heavy atom. The smallest absolute Gasteiger partial charge is 0.294 e. The van der Waals surface area contributed by atoms with E-state index in [0.717, 1.165) is 23.1 Å². The summed E-state index contributed by atoms with van der Waals surface area (Å²) in [6.45, 7) is -0.632. The number of nitrogens with one attached hydrogen (secondary N) is 1. The molecule has 0 bridgehead atoms. The maximum atomic E-state index is 12.0. The molecule has 1 aliphatic rings. The summed E-state index contributed by atoms with van der Waals surface area (Å²) in [4.78, 5) is 34.8. The van der Waals surface area contributed by atoms with Crippen molar-refractivity contribution in [3.8, 4) is 12.1 Å². The number of anilines is 1. The summed E-state index contributed by atoms with van der Waals surface area (Å²) in [5.74, 6) is -1.43. The Bertz CT molecular complexity index is 862. The van der Waals surface area contributed by atoms with Gasteiger partial charge in [-0.05, 0) is 6.07 Å². The summed E-state index contributed by atoms with van der Waals surface area (Å²) in [6.07, 6.45) is 0.936. The highest BCUT2D eigenvalue weighted by molar-refractivity contribution is 6.17. The molecule has 0 radical (unpaired) electrons. The van der Waals surface area contributed by atoms with Crippen molar-refractivity contribution in [2.75, 3.05) is 18.5 Å². The Kier molecular flexibility index (Phi) is 4.54. The van der Waals surface area contributed by atoms with Crippen molar-refractivity contribution in [1.82, 2.24) is 4.90 Å². The number of nitriles is 2. The van der Waals surface area contributed by atoms with Gasteiger partial charge in [-0.25, -0.2) is 0 Å². The number of rotatable bonds is 5. The Morgan fingerprint density at radius 2 is 1.88 bits per heavy atom. The van der Waals surface area contributed by atoms with Crippen molar-refractivity contribution in [3.05, 3.63) is 45.1 Å². The van der Waals surface area contributed by atoms with Gasteiger partial charge in [-0.3, -0.25) is 24.6 Å². The quantitative estimate of drug-likeness (QED) is 0.434. The van der Waals surface area contributed by atoms with Crippen LogP contribution in [0.5, 0.6) is 0 Å². The second-order valence-electron chi connectivity index (χ2n) is 4.60. The van der Waals surface area contributed by atoms with E-state index >= 15 is 0 Å². The van der Waals surface area contributed by atoms with E-state index in [1.807, 2.05) is 0 Å². The molecule has 2 amide bonds. The van der Waals surface area contributed by atoms with Crippen molar-refractivity contribution in [2.45, 2.75) is 0 Å². The van der Waals surface area contributed by atoms with Crippen LogP contribution in [0.3, 0.4) is 0 Å². The number of nitro groups is 1. The van der Waals surface area contributed by atoms with Crippen LogP contribution in [0, 0.1) is 32.8 Å². The molecule has 1 aromatic rings. The second-order valence-corrected chi connectivity index (χ2v) is 4.60. The molecule has 0 aromatic heterocycles. The van der Waals surface area contributed by atoms with E-state index in [-0.39, 0.29) is 29.1 Å². The van der Waals surface area contributed by atoms with Crippen LogP contribution in [0.15, 0.2) is 23.9 Å². The number of hydrogen-bond acceptors (Lipinski definition) is 8. The van der Waals surface area contributed by atoms with Crippen LogP contribution in [0.25, 0.3) is 0 Å². The first-order chi connectivity index (χ1) is 11.4. The molecular weight excluding hydrogens is 318 g/mol. The number of imide groups is 1. The average Bonchev–Trinajstić information content (AvgIpc) is 2.82. The third-order valence-electron chi connectivity index (χ3n) is 3.18. The molecule has 10 nitrogen and oxygen atoms in total. The van der Waals surface area contributed by atoms with E-state index in [1.54, 1.807) is 12.1 Å². The van der Waals surface area contributed by atoms with E-state index in [9.17, 15) is 19.7 Å². The van der Waals surface area contributed by atoms with E-state index < -0.39 is 29.0 Å². The van der Waals surface area contributed by atoms with E-state index in [4.69, 9.17) is 15.6 Å². The van der Waals surface area contributed by atoms with Gasteiger partial charge in [0.05, 0.1) is 29.2 Å². The molecule has 0 aliphatic carbocycles. The van der Waals surface area contributed by atoms with Crippen LogP contribution in [-0.4, -0.2) is 39.9 Å². The number of nitro benzene ring substituents is 1. The minimum Gasteiger partial charge on any atom is -0.395 e. The summed E-state index contributed by atoms with van der Waals surface area (Å²) in [6, 6.07) is 5.37. The van der Waals surface area contributed by atoms with E-state index in [0.29, 0.717) is 0 Å². The maximum Gasteiger partial charge on any atom is 0.294 e. The first kappa shape index (κ1) is 16.6. The summed E-state index contributed by atoms with van der Waals surface area (Å²) in [5, 5.41) is 40.3. The molecule has 120 valence electrons. The standard InChI is InChI=1S/C14H9N5O5/c15-6-8-3-10(12(19(23)24)4-9(8)7-16)17-11-5-13(21)18(1-2-20)14(11)22/h3-5,17,20H,1-2H2. The Hall–Kier alpha value is -3.76. The third kappa shape index (κ3) is 2.90. The van der Waals surface area contributed by atoms with Crippen LogP contribution >= 0.6 is 0 Å². The summed E-state index contributed by atoms with van der Waals surface area (Å²) in [7, 11) is 0.